The fraction of sp³-hybridized carbons (Fsp3) is 0.182. The Morgan fingerprint density at radius 2 is 1.79 bits per heavy atom. The summed E-state index contributed by atoms with van der Waals surface area (Å²) in [4.78, 5) is 25.7. The fourth-order valence-corrected chi connectivity index (χ4v) is 4.32. The molecule has 1 heterocycles. The Bertz CT molecular complexity index is 1030. The third-order valence-corrected chi connectivity index (χ3v) is 5.97. The molecule has 2 amide bonds. The van der Waals surface area contributed by atoms with Crippen LogP contribution in [0.1, 0.15) is 33.3 Å². The third kappa shape index (κ3) is 4.96. The summed E-state index contributed by atoms with van der Waals surface area (Å²) in [5, 5.41) is 3.64. The molecule has 3 aromatic rings. The summed E-state index contributed by atoms with van der Waals surface area (Å²) in [6, 6.07) is 16.8. The highest BCUT2D eigenvalue weighted by Crippen LogP contribution is 2.34. The van der Waals surface area contributed by atoms with Crippen molar-refractivity contribution in [2.75, 3.05) is 5.32 Å². The van der Waals surface area contributed by atoms with Gasteiger partial charge in [0.1, 0.15) is 10.8 Å². The molecule has 0 saturated heterocycles. The second kappa shape index (κ2) is 9.11. The van der Waals surface area contributed by atoms with Crippen LogP contribution in [-0.4, -0.2) is 17.9 Å². The van der Waals surface area contributed by atoms with Gasteiger partial charge in [-0.2, -0.15) is 0 Å². The minimum absolute atomic E-state index is 0.333. The van der Waals surface area contributed by atoms with E-state index in [2.05, 4.69) is 5.32 Å². The average molecular weight is 429 g/mol. The first-order chi connectivity index (χ1) is 13.9. The number of ether oxygens (including phenoxy) is 1. The van der Waals surface area contributed by atoms with Crippen molar-refractivity contribution in [3.63, 3.8) is 0 Å². The zero-order chi connectivity index (χ0) is 21.0. The monoisotopic (exact) mass is 428 g/mol. The standard InChI is InChI=1S/C22H21ClN2O3S/c1-13-18(12-15-8-4-3-5-9-15)29-22(19(13)20(24)26)25-21(27)14(2)28-17-11-7-6-10-16(17)23/h3-11,14H,12H2,1-2H3,(H2,24,26)(H,25,27). The number of carbonyl (C=O) groups excluding carboxylic acids is 2. The Morgan fingerprint density at radius 1 is 1.14 bits per heavy atom. The highest BCUT2D eigenvalue weighted by Gasteiger charge is 2.23. The molecule has 0 aliphatic rings. The van der Waals surface area contributed by atoms with Crippen LogP contribution in [0.4, 0.5) is 5.00 Å². The molecule has 29 heavy (non-hydrogen) atoms. The molecule has 0 spiro atoms. The molecule has 0 fully saturated rings. The maximum Gasteiger partial charge on any atom is 0.265 e. The zero-order valence-electron chi connectivity index (χ0n) is 16.1. The summed E-state index contributed by atoms with van der Waals surface area (Å²) in [5.74, 6) is -0.549. The number of para-hydroxylation sites is 1. The topological polar surface area (TPSA) is 81.4 Å². The van der Waals surface area contributed by atoms with Crippen LogP contribution < -0.4 is 15.8 Å². The first-order valence-electron chi connectivity index (χ1n) is 9.05. The molecule has 2 aromatic carbocycles. The van der Waals surface area contributed by atoms with Gasteiger partial charge in [-0.1, -0.05) is 54.1 Å². The smallest absolute Gasteiger partial charge is 0.265 e. The number of carbonyl (C=O) groups is 2. The van der Waals surface area contributed by atoms with E-state index < -0.39 is 12.0 Å². The van der Waals surface area contributed by atoms with E-state index in [-0.39, 0.29) is 5.91 Å². The van der Waals surface area contributed by atoms with Crippen LogP contribution in [-0.2, 0) is 11.2 Å². The molecule has 1 aromatic heterocycles. The SMILES string of the molecule is Cc1c(Cc2ccccc2)sc(NC(=O)C(C)Oc2ccccc2Cl)c1C(N)=O. The number of nitrogens with two attached hydrogens (primary N) is 1. The van der Waals surface area contributed by atoms with Crippen molar-refractivity contribution in [2.24, 2.45) is 5.73 Å². The van der Waals surface area contributed by atoms with E-state index in [1.54, 1.807) is 31.2 Å². The predicted molar refractivity (Wildman–Crippen MR) is 117 cm³/mol. The molecular formula is C22H21ClN2O3S. The normalized spacial score (nSPS) is 11.7. The van der Waals surface area contributed by atoms with Gasteiger partial charge in [0, 0.05) is 11.3 Å². The number of primary amides is 1. The average Bonchev–Trinajstić information content (AvgIpc) is 2.99. The van der Waals surface area contributed by atoms with Crippen molar-refractivity contribution in [3.05, 3.63) is 81.2 Å². The van der Waals surface area contributed by atoms with Crippen molar-refractivity contribution >= 4 is 39.8 Å². The first kappa shape index (κ1) is 20.9. The van der Waals surface area contributed by atoms with E-state index in [9.17, 15) is 9.59 Å². The number of nitrogens with one attached hydrogen (secondary N) is 1. The number of amides is 2. The van der Waals surface area contributed by atoms with Crippen LogP contribution in [0, 0.1) is 6.92 Å². The Balaban J connectivity index is 1.80. The first-order valence-corrected chi connectivity index (χ1v) is 10.2. The molecule has 150 valence electrons. The Hall–Kier alpha value is -2.83. The van der Waals surface area contributed by atoms with Gasteiger partial charge < -0.3 is 15.8 Å². The van der Waals surface area contributed by atoms with E-state index in [1.807, 2.05) is 37.3 Å². The highest BCUT2D eigenvalue weighted by atomic mass is 35.5. The summed E-state index contributed by atoms with van der Waals surface area (Å²) in [7, 11) is 0. The van der Waals surface area contributed by atoms with E-state index in [4.69, 9.17) is 22.1 Å². The van der Waals surface area contributed by atoms with Crippen molar-refractivity contribution in [1.29, 1.82) is 0 Å². The second-order valence-electron chi connectivity index (χ2n) is 6.56. The summed E-state index contributed by atoms with van der Waals surface area (Å²) in [6.45, 7) is 3.46. The molecule has 0 aliphatic carbocycles. The highest BCUT2D eigenvalue weighted by molar-refractivity contribution is 7.17. The van der Waals surface area contributed by atoms with Gasteiger partial charge in [0.15, 0.2) is 6.10 Å². The lowest BCUT2D eigenvalue weighted by molar-refractivity contribution is -0.122. The molecule has 0 bridgehead atoms. The van der Waals surface area contributed by atoms with E-state index in [1.165, 1.54) is 11.3 Å². The molecule has 1 unspecified atom stereocenters. The molecule has 0 saturated carbocycles. The Morgan fingerprint density at radius 3 is 2.45 bits per heavy atom. The van der Waals surface area contributed by atoms with Crippen LogP contribution in [0.2, 0.25) is 5.02 Å². The van der Waals surface area contributed by atoms with Gasteiger partial charge in [-0.3, -0.25) is 9.59 Å². The quantitative estimate of drug-likeness (QED) is 0.566. The van der Waals surface area contributed by atoms with Crippen molar-refractivity contribution in [2.45, 2.75) is 26.4 Å². The molecule has 7 heteroatoms. The summed E-state index contributed by atoms with van der Waals surface area (Å²) in [6.07, 6.45) is -0.158. The van der Waals surface area contributed by atoms with Gasteiger partial charge >= 0.3 is 0 Å². The summed E-state index contributed by atoms with van der Waals surface area (Å²) in [5.41, 5.74) is 7.81. The lowest BCUT2D eigenvalue weighted by atomic mass is 10.1. The van der Waals surface area contributed by atoms with Gasteiger partial charge in [0.25, 0.3) is 11.8 Å². The molecular weight excluding hydrogens is 408 g/mol. The summed E-state index contributed by atoms with van der Waals surface area (Å²) >= 11 is 7.44. The number of anilines is 1. The number of halogens is 1. The minimum Gasteiger partial charge on any atom is -0.479 e. The van der Waals surface area contributed by atoms with E-state index in [0.29, 0.717) is 27.8 Å². The second-order valence-corrected chi connectivity index (χ2v) is 8.07. The minimum atomic E-state index is -0.810. The van der Waals surface area contributed by atoms with Gasteiger partial charge in [-0.25, -0.2) is 0 Å². The van der Waals surface area contributed by atoms with E-state index in [0.717, 1.165) is 16.0 Å². The summed E-state index contributed by atoms with van der Waals surface area (Å²) < 4.78 is 5.66. The molecule has 3 N–H and O–H groups in total. The van der Waals surface area contributed by atoms with Crippen LogP contribution in [0.3, 0.4) is 0 Å². The van der Waals surface area contributed by atoms with Crippen molar-refractivity contribution < 1.29 is 14.3 Å². The van der Waals surface area contributed by atoms with Crippen molar-refractivity contribution in [1.82, 2.24) is 0 Å². The van der Waals surface area contributed by atoms with E-state index >= 15 is 0 Å². The number of rotatable bonds is 7. The van der Waals surface area contributed by atoms with Gasteiger partial charge in [-0.05, 0) is 37.1 Å². The molecule has 0 aliphatic heterocycles. The van der Waals surface area contributed by atoms with Crippen LogP contribution >= 0.6 is 22.9 Å². The molecule has 1 atom stereocenters. The van der Waals surface area contributed by atoms with Crippen LogP contribution in [0.15, 0.2) is 54.6 Å². The van der Waals surface area contributed by atoms with Gasteiger partial charge in [0.2, 0.25) is 0 Å². The third-order valence-electron chi connectivity index (χ3n) is 4.45. The fourth-order valence-electron chi connectivity index (χ4n) is 2.89. The van der Waals surface area contributed by atoms with Crippen molar-refractivity contribution in [3.8, 4) is 5.75 Å². The van der Waals surface area contributed by atoms with Gasteiger partial charge in [0.05, 0.1) is 10.6 Å². The number of thiophene rings is 1. The lowest BCUT2D eigenvalue weighted by Gasteiger charge is -2.15. The molecule has 0 radical (unpaired) electrons. The van der Waals surface area contributed by atoms with Crippen LogP contribution in [0.5, 0.6) is 5.75 Å². The number of hydrogen-bond acceptors (Lipinski definition) is 4. The predicted octanol–water partition coefficient (Wildman–Crippen LogP) is 4.81. The molecule has 3 rings (SSSR count). The zero-order valence-corrected chi connectivity index (χ0v) is 17.6. The Kier molecular flexibility index (Phi) is 6.56. The maximum atomic E-state index is 12.7. The largest absolute Gasteiger partial charge is 0.479 e. The number of benzene rings is 2. The van der Waals surface area contributed by atoms with Crippen LogP contribution in [0.25, 0.3) is 0 Å². The Labute approximate surface area is 178 Å². The maximum absolute atomic E-state index is 12.7. The number of hydrogen-bond donors (Lipinski definition) is 2. The lowest BCUT2D eigenvalue weighted by Crippen LogP contribution is -2.30. The van der Waals surface area contributed by atoms with Gasteiger partial charge in [-0.15, -0.1) is 11.3 Å². The molecule has 5 nitrogen and oxygen atoms in total.